The summed E-state index contributed by atoms with van der Waals surface area (Å²) in [5.41, 5.74) is 1.30. The predicted octanol–water partition coefficient (Wildman–Crippen LogP) is 4.31. The molecule has 0 saturated heterocycles. The average molecular weight is 393 g/mol. The molecule has 150 valence electrons. The Morgan fingerprint density at radius 1 is 1.14 bits per heavy atom. The fourth-order valence-corrected chi connectivity index (χ4v) is 3.39. The Morgan fingerprint density at radius 3 is 2.48 bits per heavy atom. The lowest BCUT2D eigenvalue weighted by atomic mass is 9.99. The van der Waals surface area contributed by atoms with E-state index >= 15 is 0 Å². The fourth-order valence-electron chi connectivity index (χ4n) is 3.39. The highest BCUT2D eigenvalue weighted by Gasteiger charge is 2.24. The van der Waals surface area contributed by atoms with Gasteiger partial charge in [-0.15, -0.1) is 0 Å². The van der Waals surface area contributed by atoms with Crippen LogP contribution in [0.1, 0.15) is 28.9 Å². The van der Waals surface area contributed by atoms with Crippen LogP contribution in [0, 0.1) is 10.1 Å². The van der Waals surface area contributed by atoms with Crippen molar-refractivity contribution < 1.29 is 14.5 Å². The molecule has 1 amide bonds. The van der Waals surface area contributed by atoms with Crippen LogP contribution in [0.25, 0.3) is 10.8 Å². The smallest absolute Gasteiger partial charge is 0.293 e. The number of carbonyl (C=O) groups excluding carboxylic acids is 1. The number of ether oxygens (including phenoxy) is 1. The highest BCUT2D eigenvalue weighted by Crippen LogP contribution is 2.35. The van der Waals surface area contributed by atoms with Gasteiger partial charge in [0, 0.05) is 26.2 Å². The van der Waals surface area contributed by atoms with E-state index in [4.69, 9.17) is 4.74 Å². The molecule has 7 heteroatoms. The number of nitrogens with one attached hydrogen (secondary N) is 1. The highest BCUT2D eigenvalue weighted by atomic mass is 16.6. The standard InChI is InChI=1S/C22H23N3O4/c1-14(16-11-7-9-15-8-5-6-10-17(15)16)23-22(26)18-12-20(25(27)28)19(24(2)3)13-21(18)29-4/h5-14H,1-4H3,(H,23,26). The minimum absolute atomic E-state index is 0.122. The number of nitro groups is 1. The molecule has 0 aliphatic carbocycles. The molecular formula is C22H23N3O4. The monoisotopic (exact) mass is 393 g/mol. The van der Waals surface area contributed by atoms with Gasteiger partial charge in [-0.2, -0.15) is 0 Å². The van der Waals surface area contributed by atoms with E-state index in [9.17, 15) is 14.9 Å². The Hall–Kier alpha value is -3.61. The van der Waals surface area contributed by atoms with Crippen molar-refractivity contribution in [2.24, 2.45) is 0 Å². The molecule has 0 radical (unpaired) electrons. The molecule has 0 aliphatic heterocycles. The molecular weight excluding hydrogens is 370 g/mol. The van der Waals surface area contributed by atoms with E-state index in [0.29, 0.717) is 5.69 Å². The number of nitro benzene ring substituents is 1. The van der Waals surface area contributed by atoms with E-state index in [1.54, 1.807) is 19.0 Å². The van der Waals surface area contributed by atoms with Gasteiger partial charge in [-0.1, -0.05) is 42.5 Å². The van der Waals surface area contributed by atoms with Crippen LogP contribution in [-0.4, -0.2) is 32.0 Å². The van der Waals surface area contributed by atoms with Crippen LogP contribution in [0.3, 0.4) is 0 Å². The first kappa shape index (κ1) is 20.1. The van der Waals surface area contributed by atoms with E-state index in [1.165, 1.54) is 19.2 Å². The molecule has 0 fully saturated rings. The van der Waals surface area contributed by atoms with Gasteiger partial charge in [0.1, 0.15) is 11.4 Å². The normalized spacial score (nSPS) is 11.7. The third kappa shape index (κ3) is 3.99. The summed E-state index contributed by atoms with van der Waals surface area (Å²) in [6.07, 6.45) is 0. The number of amides is 1. The summed E-state index contributed by atoms with van der Waals surface area (Å²) >= 11 is 0. The van der Waals surface area contributed by atoms with Crippen molar-refractivity contribution in [3.05, 3.63) is 75.8 Å². The zero-order valence-electron chi connectivity index (χ0n) is 16.8. The largest absolute Gasteiger partial charge is 0.496 e. The summed E-state index contributed by atoms with van der Waals surface area (Å²) in [6, 6.07) is 16.3. The maximum atomic E-state index is 13.0. The van der Waals surface area contributed by atoms with Crippen LogP contribution in [0.15, 0.2) is 54.6 Å². The van der Waals surface area contributed by atoms with Gasteiger partial charge in [0.15, 0.2) is 0 Å². The maximum Gasteiger partial charge on any atom is 0.293 e. The van der Waals surface area contributed by atoms with Crippen LogP contribution >= 0.6 is 0 Å². The Balaban J connectivity index is 1.97. The van der Waals surface area contributed by atoms with Crippen molar-refractivity contribution in [2.45, 2.75) is 13.0 Å². The zero-order valence-corrected chi connectivity index (χ0v) is 16.8. The van der Waals surface area contributed by atoms with Gasteiger partial charge in [0.25, 0.3) is 11.6 Å². The molecule has 0 saturated carbocycles. The van der Waals surface area contributed by atoms with Crippen molar-refractivity contribution in [2.75, 3.05) is 26.1 Å². The third-order valence-corrected chi connectivity index (χ3v) is 4.86. The second-order valence-electron chi connectivity index (χ2n) is 6.96. The molecule has 0 aliphatic rings. The number of hydrogen-bond donors (Lipinski definition) is 1. The summed E-state index contributed by atoms with van der Waals surface area (Å²) in [6.45, 7) is 1.88. The molecule has 29 heavy (non-hydrogen) atoms. The first-order valence-electron chi connectivity index (χ1n) is 9.15. The summed E-state index contributed by atoms with van der Waals surface area (Å²) in [5, 5.41) is 16.6. The lowest BCUT2D eigenvalue weighted by Crippen LogP contribution is -2.27. The summed E-state index contributed by atoms with van der Waals surface area (Å²) in [5.74, 6) is -0.155. The molecule has 1 unspecified atom stereocenters. The Kier molecular flexibility index (Phi) is 5.68. The number of fused-ring (bicyclic) bond motifs is 1. The number of benzene rings is 3. The Morgan fingerprint density at radius 2 is 1.83 bits per heavy atom. The lowest BCUT2D eigenvalue weighted by molar-refractivity contribution is -0.384. The number of anilines is 1. The van der Waals surface area contributed by atoms with Gasteiger partial charge >= 0.3 is 0 Å². The Bertz CT molecular complexity index is 1070. The van der Waals surface area contributed by atoms with Gasteiger partial charge in [0.05, 0.1) is 23.6 Å². The Labute approximate surface area is 169 Å². The summed E-state index contributed by atoms with van der Waals surface area (Å²) in [7, 11) is 4.83. The van der Waals surface area contributed by atoms with E-state index in [0.717, 1.165) is 16.3 Å². The van der Waals surface area contributed by atoms with Crippen LogP contribution in [-0.2, 0) is 0 Å². The minimum atomic E-state index is -0.500. The van der Waals surface area contributed by atoms with Crippen LogP contribution in [0.4, 0.5) is 11.4 Å². The first-order chi connectivity index (χ1) is 13.8. The number of methoxy groups -OCH3 is 1. The van der Waals surface area contributed by atoms with Gasteiger partial charge in [-0.05, 0) is 23.3 Å². The average Bonchev–Trinajstić information content (AvgIpc) is 2.71. The number of rotatable bonds is 6. The SMILES string of the molecule is COc1cc(N(C)C)c([N+](=O)[O-])cc1C(=O)NC(C)c1cccc2ccccc12. The molecule has 1 atom stereocenters. The molecule has 0 heterocycles. The van der Waals surface area contributed by atoms with Crippen LogP contribution < -0.4 is 15.0 Å². The second-order valence-corrected chi connectivity index (χ2v) is 6.96. The predicted molar refractivity (Wildman–Crippen MR) is 114 cm³/mol. The van der Waals surface area contributed by atoms with Gasteiger partial charge < -0.3 is 15.0 Å². The molecule has 3 aromatic rings. The molecule has 3 rings (SSSR count). The highest BCUT2D eigenvalue weighted by molar-refractivity contribution is 5.99. The summed E-state index contributed by atoms with van der Waals surface area (Å²) in [4.78, 5) is 25.6. The zero-order chi connectivity index (χ0) is 21.1. The van der Waals surface area contributed by atoms with Crippen molar-refractivity contribution in [1.82, 2.24) is 5.32 Å². The van der Waals surface area contributed by atoms with Crippen molar-refractivity contribution in [1.29, 1.82) is 0 Å². The third-order valence-electron chi connectivity index (χ3n) is 4.86. The topological polar surface area (TPSA) is 84.7 Å². The quantitative estimate of drug-likeness (QED) is 0.498. The first-order valence-corrected chi connectivity index (χ1v) is 9.15. The van der Waals surface area contributed by atoms with Gasteiger partial charge in [-0.25, -0.2) is 0 Å². The second kappa shape index (κ2) is 8.18. The lowest BCUT2D eigenvalue weighted by Gasteiger charge is -2.19. The van der Waals surface area contributed by atoms with Crippen molar-refractivity contribution >= 4 is 28.1 Å². The minimum Gasteiger partial charge on any atom is -0.496 e. The van der Waals surface area contributed by atoms with Crippen molar-refractivity contribution in [3.63, 3.8) is 0 Å². The van der Waals surface area contributed by atoms with Crippen LogP contribution in [0.2, 0.25) is 0 Å². The van der Waals surface area contributed by atoms with E-state index in [1.807, 2.05) is 49.4 Å². The van der Waals surface area contributed by atoms with E-state index < -0.39 is 10.8 Å². The van der Waals surface area contributed by atoms with Crippen molar-refractivity contribution in [3.8, 4) is 5.75 Å². The van der Waals surface area contributed by atoms with Gasteiger partial charge in [0.2, 0.25) is 0 Å². The van der Waals surface area contributed by atoms with Crippen LogP contribution in [0.5, 0.6) is 5.75 Å². The molecule has 0 bridgehead atoms. The molecule has 0 spiro atoms. The molecule has 3 aromatic carbocycles. The molecule has 1 N–H and O–H groups in total. The van der Waals surface area contributed by atoms with E-state index in [-0.39, 0.29) is 23.0 Å². The summed E-state index contributed by atoms with van der Waals surface area (Å²) < 4.78 is 5.34. The van der Waals surface area contributed by atoms with E-state index in [2.05, 4.69) is 5.32 Å². The molecule has 0 aromatic heterocycles. The fraction of sp³-hybridized carbons (Fsp3) is 0.227. The maximum absolute atomic E-state index is 13.0. The number of hydrogen-bond acceptors (Lipinski definition) is 5. The van der Waals surface area contributed by atoms with Gasteiger partial charge in [-0.3, -0.25) is 14.9 Å². The number of carbonyl (C=O) groups is 1. The molecule has 7 nitrogen and oxygen atoms in total. The number of nitrogens with zero attached hydrogens (tertiary/aromatic N) is 2.